The minimum Gasteiger partial charge on any atom is -0.493 e. The van der Waals surface area contributed by atoms with E-state index >= 15 is 0 Å². The minimum atomic E-state index is 0.524. The number of ether oxygens (including phenoxy) is 2. The van der Waals surface area contributed by atoms with Crippen molar-refractivity contribution in [1.29, 1.82) is 0 Å². The van der Waals surface area contributed by atoms with Crippen LogP contribution in [0.4, 0.5) is 0 Å². The van der Waals surface area contributed by atoms with E-state index in [-0.39, 0.29) is 0 Å². The van der Waals surface area contributed by atoms with E-state index in [4.69, 9.17) is 9.47 Å². The van der Waals surface area contributed by atoms with Crippen LogP contribution in [0.2, 0.25) is 0 Å². The molecule has 0 atom stereocenters. The van der Waals surface area contributed by atoms with Gasteiger partial charge in [-0.2, -0.15) is 0 Å². The van der Waals surface area contributed by atoms with Gasteiger partial charge in [-0.3, -0.25) is 0 Å². The maximum Gasteiger partial charge on any atom is 0.191 e. The Morgan fingerprint density at radius 3 is 2.64 bits per heavy atom. The Balaban J connectivity index is 2.04. The predicted octanol–water partition coefficient (Wildman–Crippen LogP) is 1.57. The topological polar surface area (TPSA) is 85.6 Å². The molecule has 0 aliphatic carbocycles. The Kier molecular flexibility index (Phi) is 7.06. The van der Waals surface area contributed by atoms with E-state index in [0.29, 0.717) is 24.6 Å². The second kappa shape index (κ2) is 9.51. The lowest BCUT2D eigenvalue weighted by atomic mass is 10.2. The molecule has 1 aromatic heterocycles. The maximum absolute atomic E-state index is 5.33. The summed E-state index contributed by atoms with van der Waals surface area (Å²) < 4.78 is 12.6. The molecule has 0 saturated carbocycles. The molecule has 0 spiro atoms. The fraction of sp³-hybridized carbons (Fsp3) is 0.471. The van der Waals surface area contributed by atoms with Gasteiger partial charge < -0.3 is 24.7 Å². The molecule has 1 heterocycles. The van der Waals surface area contributed by atoms with Crippen molar-refractivity contribution >= 4 is 5.96 Å². The molecular formula is C17H26N6O2. The molecule has 0 aliphatic heterocycles. The highest BCUT2D eigenvalue weighted by atomic mass is 16.5. The van der Waals surface area contributed by atoms with Crippen molar-refractivity contribution in [2.75, 3.05) is 20.8 Å². The number of methoxy groups -OCH3 is 2. The second-order valence-corrected chi connectivity index (χ2v) is 5.27. The highest BCUT2D eigenvalue weighted by Crippen LogP contribution is 2.27. The summed E-state index contributed by atoms with van der Waals surface area (Å²) >= 11 is 0. The van der Waals surface area contributed by atoms with E-state index in [1.54, 1.807) is 20.5 Å². The summed E-state index contributed by atoms with van der Waals surface area (Å²) in [4.78, 5) is 4.61. The first-order valence-corrected chi connectivity index (χ1v) is 8.31. The number of benzene rings is 1. The molecule has 0 amide bonds. The quantitative estimate of drug-likeness (QED) is 0.557. The van der Waals surface area contributed by atoms with Crippen LogP contribution in [0, 0.1) is 0 Å². The summed E-state index contributed by atoms with van der Waals surface area (Å²) in [6, 6.07) is 5.79. The van der Waals surface area contributed by atoms with Crippen LogP contribution in [-0.2, 0) is 19.6 Å². The predicted molar refractivity (Wildman–Crippen MR) is 96.9 cm³/mol. The second-order valence-electron chi connectivity index (χ2n) is 5.27. The van der Waals surface area contributed by atoms with Crippen molar-refractivity contribution < 1.29 is 9.47 Å². The highest BCUT2D eigenvalue weighted by Gasteiger charge is 2.06. The van der Waals surface area contributed by atoms with Gasteiger partial charge in [0.05, 0.1) is 27.3 Å². The van der Waals surface area contributed by atoms with Gasteiger partial charge in [0, 0.05) is 13.1 Å². The first kappa shape index (κ1) is 18.6. The molecule has 136 valence electrons. The SMILES string of the molecule is CCNC(=NCc1ccc(OC)c(OC)c1)NCc1nncn1CC. The third kappa shape index (κ3) is 5.10. The van der Waals surface area contributed by atoms with Gasteiger partial charge in [-0.05, 0) is 31.5 Å². The standard InChI is InChI=1S/C17H26N6O2/c1-5-18-17(20-11-16-22-21-12-23(16)6-2)19-10-13-7-8-14(24-3)15(9-13)25-4/h7-9,12H,5-6,10-11H2,1-4H3,(H2,18,19,20). The van der Waals surface area contributed by atoms with Gasteiger partial charge in [-0.1, -0.05) is 6.07 Å². The van der Waals surface area contributed by atoms with Gasteiger partial charge in [-0.15, -0.1) is 10.2 Å². The average Bonchev–Trinajstić information content (AvgIpc) is 3.11. The van der Waals surface area contributed by atoms with Crippen molar-refractivity contribution in [1.82, 2.24) is 25.4 Å². The molecule has 8 nitrogen and oxygen atoms in total. The Bertz CT molecular complexity index is 698. The fourth-order valence-corrected chi connectivity index (χ4v) is 2.33. The number of aromatic nitrogens is 3. The van der Waals surface area contributed by atoms with Crippen LogP contribution in [0.25, 0.3) is 0 Å². The van der Waals surface area contributed by atoms with Crippen LogP contribution in [0.15, 0.2) is 29.5 Å². The van der Waals surface area contributed by atoms with Crippen molar-refractivity contribution in [2.45, 2.75) is 33.5 Å². The van der Waals surface area contributed by atoms with Crippen LogP contribution in [-0.4, -0.2) is 41.5 Å². The number of aryl methyl sites for hydroxylation is 1. The lowest BCUT2D eigenvalue weighted by molar-refractivity contribution is 0.354. The number of hydrogen-bond donors (Lipinski definition) is 2. The molecule has 2 N–H and O–H groups in total. The van der Waals surface area contributed by atoms with Gasteiger partial charge in [0.1, 0.15) is 6.33 Å². The molecular weight excluding hydrogens is 320 g/mol. The van der Waals surface area contributed by atoms with Gasteiger partial charge in [0.15, 0.2) is 23.3 Å². The smallest absolute Gasteiger partial charge is 0.191 e. The van der Waals surface area contributed by atoms with Gasteiger partial charge in [0.2, 0.25) is 0 Å². The normalized spacial score (nSPS) is 11.3. The lowest BCUT2D eigenvalue weighted by Crippen LogP contribution is -2.37. The first-order chi connectivity index (χ1) is 12.2. The third-order valence-corrected chi connectivity index (χ3v) is 3.66. The van der Waals surface area contributed by atoms with Crippen LogP contribution in [0.5, 0.6) is 11.5 Å². The fourth-order valence-electron chi connectivity index (χ4n) is 2.33. The summed E-state index contributed by atoms with van der Waals surface area (Å²) in [6.45, 7) is 6.79. The number of nitrogens with one attached hydrogen (secondary N) is 2. The zero-order chi connectivity index (χ0) is 18.1. The van der Waals surface area contributed by atoms with Crippen molar-refractivity contribution in [3.63, 3.8) is 0 Å². The molecule has 0 unspecified atom stereocenters. The number of nitrogens with zero attached hydrogens (tertiary/aromatic N) is 4. The summed E-state index contributed by atoms with van der Waals surface area (Å²) in [5.41, 5.74) is 1.03. The van der Waals surface area contributed by atoms with Crippen LogP contribution in [0.1, 0.15) is 25.2 Å². The Morgan fingerprint density at radius 2 is 1.96 bits per heavy atom. The van der Waals surface area contributed by atoms with E-state index in [2.05, 4.69) is 32.7 Å². The molecule has 0 aliphatic rings. The molecule has 0 fully saturated rings. The molecule has 2 aromatic rings. The van der Waals surface area contributed by atoms with E-state index < -0.39 is 0 Å². The third-order valence-electron chi connectivity index (χ3n) is 3.66. The van der Waals surface area contributed by atoms with E-state index in [1.807, 2.05) is 29.7 Å². The molecule has 25 heavy (non-hydrogen) atoms. The van der Waals surface area contributed by atoms with Crippen LogP contribution in [0.3, 0.4) is 0 Å². The highest BCUT2D eigenvalue weighted by molar-refractivity contribution is 5.79. The first-order valence-electron chi connectivity index (χ1n) is 8.31. The Labute approximate surface area is 148 Å². The summed E-state index contributed by atoms with van der Waals surface area (Å²) in [7, 11) is 3.25. The monoisotopic (exact) mass is 346 g/mol. The summed E-state index contributed by atoms with van der Waals surface area (Å²) in [5, 5.41) is 14.6. The molecule has 2 rings (SSSR count). The van der Waals surface area contributed by atoms with Crippen LogP contribution < -0.4 is 20.1 Å². The zero-order valence-corrected chi connectivity index (χ0v) is 15.2. The Morgan fingerprint density at radius 1 is 1.16 bits per heavy atom. The van der Waals surface area contributed by atoms with Crippen LogP contribution >= 0.6 is 0 Å². The zero-order valence-electron chi connectivity index (χ0n) is 15.2. The molecule has 0 bridgehead atoms. The summed E-state index contributed by atoms with van der Waals surface area (Å²) in [5.74, 6) is 3.01. The Hall–Kier alpha value is -2.77. The van der Waals surface area contributed by atoms with E-state index in [1.165, 1.54) is 0 Å². The summed E-state index contributed by atoms with van der Waals surface area (Å²) in [6.07, 6.45) is 1.73. The average molecular weight is 346 g/mol. The van der Waals surface area contributed by atoms with Crippen molar-refractivity contribution in [2.24, 2.45) is 4.99 Å². The van der Waals surface area contributed by atoms with Crippen molar-refractivity contribution in [3.05, 3.63) is 35.9 Å². The van der Waals surface area contributed by atoms with Gasteiger partial charge in [0.25, 0.3) is 0 Å². The van der Waals surface area contributed by atoms with Crippen molar-refractivity contribution in [3.8, 4) is 11.5 Å². The largest absolute Gasteiger partial charge is 0.493 e. The molecule has 8 heteroatoms. The van der Waals surface area contributed by atoms with Gasteiger partial charge in [-0.25, -0.2) is 4.99 Å². The van der Waals surface area contributed by atoms with E-state index in [0.717, 1.165) is 30.4 Å². The molecule has 0 saturated heterocycles. The van der Waals surface area contributed by atoms with E-state index in [9.17, 15) is 0 Å². The maximum atomic E-state index is 5.33. The number of rotatable bonds is 8. The lowest BCUT2D eigenvalue weighted by Gasteiger charge is -2.12. The number of aliphatic imine (C=N–C) groups is 1. The molecule has 1 aromatic carbocycles. The number of hydrogen-bond acceptors (Lipinski definition) is 5. The molecule has 0 radical (unpaired) electrons. The van der Waals surface area contributed by atoms with Gasteiger partial charge >= 0.3 is 0 Å². The number of guanidine groups is 1. The minimum absolute atomic E-state index is 0.524.